The molecule has 0 saturated heterocycles. The fourth-order valence-electron chi connectivity index (χ4n) is 2.60. The van der Waals surface area contributed by atoms with Crippen molar-refractivity contribution in [2.45, 2.75) is 20.8 Å². The van der Waals surface area contributed by atoms with Crippen LogP contribution in [0.3, 0.4) is 0 Å². The Hall–Kier alpha value is -2.81. The van der Waals surface area contributed by atoms with E-state index < -0.39 is 0 Å². The molecule has 0 aliphatic heterocycles. The first kappa shape index (κ1) is 15.1. The number of rotatable bonds is 3. The lowest BCUT2D eigenvalue weighted by atomic mass is 10.1. The third-order valence-electron chi connectivity index (χ3n) is 3.93. The number of furan rings is 1. The first-order chi connectivity index (χ1) is 11.0. The number of hydrogen-bond acceptors (Lipinski definition) is 3. The van der Waals surface area contributed by atoms with Gasteiger partial charge in [-0.15, -0.1) is 0 Å². The van der Waals surface area contributed by atoms with Crippen LogP contribution < -0.4 is 0 Å². The Kier molecular flexibility index (Phi) is 3.78. The van der Waals surface area contributed by atoms with Crippen molar-refractivity contribution in [2.24, 2.45) is 0 Å². The second-order valence-electron chi connectivity index (χ2n) is 5.81. The standard InChI is InChI=1S/C20H18O3/c1-12-4-6-17(21)16(11-12)18(22)7-9-19-14(3)15-10-13(2)5-8-20(15)23-19/h4-11,21H,1-3H3/b9-7+. The molecule has 3 rings (SSSR count). The molecule has 3 heteroatoms. The first-order valence-electron chi connectivity index (χ1n) is 7.47. The van der Waals surface area contributed by atoms with Gasteiger partial charge in [-0.05, 0) is 57.2 Å². The van der Waals surface area contributed by atoms with Gasteiger partial charge in [0.25, 0.3) is 0 Å². The number of aromatic hydroxyl groups is 1. The highest BCUT2D eigenvalue weighted by Crippen LogP contribution is 2.27. The van der Waals surface area contributed by atoms with Crippen molar-refractivity contribution in [1.82, 2.24) is 0 Å². The van der Waals surface area contributed by atoms with Crippen LogP contribution in [0, 0.1) is 20.8 Å². The number of carbonyl (C=O) groups excluding carboxylic acids is 1. The summed E-state index contributed by atoms with van der Waals surface area (Å²) in [7, 11) is 0. The lowest BCUT2D eigenvalue weighted by Gasteiger charge is -2.01. The van der Waals surface area contributed by atoms with E-state index in [9.17, 15) is 9.90 Å². The Morgan fingerprint density at radius 1 is 1.04 bits per heavy atom. The molecule has 23 heavy (non-hydrogen) atoms. The Labute approximate surface area is 134 Å². The zero-order valence-electron chi connectivity index (χ0n) is 13.4. The summed E-state index contributed by atoms with van der Waals surface area (Å²) in [6.45, 7) is 5.89. The summed E-state index contributed by atoms with van der Waals surface area (Å²) in [6.07, 6.45) is 3.10. The van der Waals surface area contributed by atoms with E-state index >= 15 is 0 Å². The average molecular weight is 306 g/mol. The molecule has 0 aliphatic rings. The van der Waals surface area contributed by atoms with Crippen molar-refractivity contribution in [1.29, 1.82) is 0 Å². The number of fused-ring (bicyclic) bond motifs is 1. The maximum absolute atomic E-state index is 12.3. The van der Waals surface area contributed by atoms with Crippen LogP contribution in [0.15, 0.2) is 46.9 Å². The van der Waals surface area contributed by atoms with Gasteiger partial charge in [0.15, 0.2) is 5.78 Å². The predicted octanol–water partition coefficient (Wildman–Crippen LogP) is 4.96. The monoisotopic (exact) mass is 306 g/mol. The maximum Gasteiger partial charge on any atom is 0.189 e. The zero-order valence-corrected chi connectivity index (χ0v) is 13.4. The van der Waals surface area contributed by atoms with Gasteiger partial charge in [0.05, 0.1) is 5.56 Å². The summed E-state index contributed by atoms with van der Waals surface area (Å²) in [4.78, 5) is 12.3. The number of allylic oxidation sites excluding steroid dienone is 1. The van der Waals surface area contributed by atoms with E-state index in [1.54, 1.807) is 18.2 Å². The Morgan fingerprint density at radius 2 is 1.74 bits per heavy atom. The zero-order chi connectivity index (χ0) is 16.6. The molecule has 0 unspecified atom stereocenters. The molecule has 0 spiro atoms. The van der Waals surface area contributed by atoms with Gasteiger partial charge in [0, 0.05) is 10.9 Å². The Bertz CT molecular complexity index is 929. The number of ketones is 1. The fraction of sp³-hybridized carbons (Fsp3) is 0.150. The molecule has 3 nitrogen and oxygen atoms in total. The molecular formula is C20H18O3. The number of carbonyl (C=O) groups is 1. The highest BCUT2D eigenvalue weighted by atomic mass is 16.3. The van der Waals surface area contributed by atoms with E-state index in [2.05, 4.69) is 6.07 Å². The summed E-state index contributed by atoms with van der Waals surface area (Å²) in [5.41, 5.74) is 4.19. The topological polar surface area (TPSA) is 50.4 Å². The lowest BCUT2D eigenvalue weighted by molar-refractivity contribution is 0.104. The molecule has 0 atom stereocenters. The van der Waals surface area contributed by atoms with E-state index in [1.807, 2.05) is 32.9 Å². The largest absolute Gasteiger partial charge is 0.507 e. The van der Waals surface area contributed by atoms with Crippen molar-refractivity contribution in [3.63, 3.8) is 0 Å². The van der Waals surface area contributed by atoms with Crippen molar-refractivity contribution < 1.29 is 14.3 Å². The van der Waals surface area contributed by atoms with Gasteiger partial charge in [0.1, 0.15) is 17.1 Å². The van der Waals surface area contributed by atoms with Crippen molar-refractivity contribution >= 4 is 22.8 Å². The minimum Gasteiger partial charge on any atom is -0.507 e. The van der Waals surface area contributed by atoms with Crippen LogP contribution in [0.4, 0.5) is 0 Å². The third-order valence-corrected chi connectivity index (χ3v) is 3.93. The van der Waals surface area contributed by atoms with Crippen LogP contribution in [-0.2, 0) is 0 Å². The van der Waals surface area contributed by atoms with Crippen LogP contribution >= 0.6 is 0 Å². The highest BCUT2D eigenvalue weighted by molar-refractivity contribution is 6.08. The molecule has 0 radical (unpaired) electrons. The molecule has 0 bridgehead atoms. The minimum atomic E-state index is -0.248. The third kappa shape index (κ3) is 2.90. The normalized spacial score (nSPS) is 11.4. The second-order valence-corrected chi connectivity index (χ2v) is 5.81. The molecule has 0 fully saturated rings. The summed E-state index contributed by atoms with van der Waals surface area (Å²) >= 11 is 0. The minimum absolute atomic E-state index is 0.0118. The van der Waals surface area contributed by atoms with E-state index in [-0.39, 0.29) is 11.5 Å². The molecular weight excluding hydrogens is 288 g/mol. The summed E-state index contributed by atoms with van der Waals surface area (Å²) < 4.78 is 5.79. The molecule has 0 amide bonds. The van der Waals surface area contributed by atoms with Gasteiger partial charge < -0.3 is 9.52 Å². The Balaban J connectivity index is 1.95. The van der Waals surface area contributed by atoms with E-state index in [4.69, 9.17) is 4.42 Å². The smallest absolute Gasteiger partial charge is 0.189 e. The summed E-state index contributed by atoms with van der Waals surface area (Å²) in [5, 5.41) is 10.9. The van der Waals surface area contributed by atoms with Crippen LogP contribution in [-0.4, -0.2) is 10.9 Å². The van der Waals surface area contributed by atoms with Crippen LogP contribution in [0.1, 0.15) is 32.8 Å². The van der Waals surface area contributed by atoms with Crippen LogP contribution in [0.2, 0.25) is 0 Å². The number of benzene rings is 2. The molecule has 2 aromatic carbocycles. The number of phenols is 1. The quantitative estimate of drug-likeness (QED) is 0.549. The molecule has 1 N–H and O–H groups in total. The van der Waals surface area contributed by atoms with Gasteiger partial charge >= 0.3 is 0 Å². The molecule has 1 heterocycles. The van der Waals surface area contributed by atoms with Gasteiger partial charge in [-0.3, -0.25) is 4.79 Å². The molecule has 116 valence electrons. The molecule has 3 aromatic rings. The van der Waals surface area contributed by atoms with Gasteiger partial charge in [0.2, 0.25) is 0 Å². The van der Waals surface area contributed by atoms with Crippen LogP contribution in [0.25, 0.3) is 17.0 Å². The number of aryl methyl sites for hydroxylation is 3. The van der Waals surface area contributed by atoms with E-state index in [1.165, 1.54) is 12.1 Å². The van der Waals surface area contributed by atoms with E-state index in [0.717, 1.165) is 27.7 Å². The number of hydrogen-bond donors (Lipinski definition) is 1. The molecule has 0 aliphatic carbocycles. The summed E-state index contributed by atoms with van der Waals surface area (Å²) in [5.74, 6) is 0.399. The SMILES string of the molecule is Cc1ccc(O)c(C(=O)/C=C/c2oc3ccc(C)cc3c2C)c1. The average Bonchev–Trinajstić information content (AvgIpc) is 2.83. The Morgan fingerprint density at radius 3 is 2.52 bits per heavy atom. The first-order valence-corrected chi connectivity index (χ1v) is 7.47. The number of phenolic OH excluding ortho intramolecular Hbond substituents is 1. The second kappa shape index (κ2) is 5.76. The van der Waals surface area contributed by atoms with Crippen molar-refractivity contribution in [2.75, 3.05) is 0 Å². The van der Waals surface area contributed by atoms with Crippen molar-refractivity contribution in [3.8, 4) is 5.75 Å². The molecule has 1 aromatic heterocycles. The van der Waals surface area contributed by atoms with Gasteiger partial charge in [-0.2, -0.15) is 0 Å². The summed E-state index contributed by atoms with van der Waals surface area (Å²) in [6, 6.07) is 11.0. The van der Waals surface area contributed by atoms with Gasteiger partial charge in [-0.25, -0.2) is 0 Å². The molecule has 0 saturated carbocycles. The highest BCUT2D eigenvalue weighted by Gasteiger charge is 2.11. The van der Waals surface area contributed by atoms with Crippen molar-refractivity contribution in [3.05, 3.63) is 70.5 Å². The lowest BCUT2D eigenvalue weighted by Crippen LogP contribution is -1.95. The maximum atomic E-state index is 12.3. The predicted molar refractivity (Wildman–Crippen MR) is 91.9 cm³/mol. The van der Waals surface area contributed by atoms with E-state index in [0.29, 0.717) is 11.3 Å². The fourth-order valence-corrected chi connectivity index (χ4v) is 2.60. The van der Waals surface area contributed by atoms with Crippen LogP contribution in [0.5, 0.6) is 5.75 Å². The van der Waals surface area contributed by atoms with Gasteiger partial charge in [-0.1, -0.05) is 23.3 Å².